The standard InChI is InChI=1S/C11H21N3/c1-8(2)11-9(3)13-10(14-11)6-5-7-12-4/h8,12H,5-7H2,1-4H3,(H,13,14). The van der Waals surface area contributed by atoms with E-state index in [2.05, 4.69) is 36.1 Å². The molecular weight excluding hydrogens is 174 g/mol. The number of nitrogens with zero attached hydrogens (tertiary/aromatic N) is 1. The van der Waals surface area contributed by atoms with Crippen LogP contribution in [0.25, 0.3) is 0 Å². The van der Waals surface area contributed by atoms with Gasteiger partial charge in [0.15, 0.2) is 0 Å². The molecule has 1 aromatic heterocycles. The molecule has 0 spiro atoms. The van der Waals surface area contributed by atoms with Crippen LogP contribution in [-0.4, -0.2) is 23.6 Å². The fourth-order valence-corrected chi connectivity index (χ4v) is 1.65. The molecule has 2 N–H and O–H groups in total. The Balaban J connectivity index is 2.57. The average Bonchev–Trinajstić information content (AvgIpc) is 2.47. The normalized spacial score (nSPS) is 11.2. The van der Waals surface area contributed by atoms with E-state index in [1.807, 2.05) is 7.05 Å². The van der Waals surface area contributed by atoms with E-state index in [-0.39, 0.29) is 0 Å². The zero-order chi connectivity index (χ0) is 10.6. The van der Waals surface area contributed by atoms with Gasteiger partial charge in [-0.3, -0.25) is 0 Å². The summed E-state index contributed by atoms with van der Waals surface area (Å²) in [4.78, 5) is 7.94. The summed E-state index contributed by atoms with van der Waals surface area (Å²) in [5.74, 6) is 1.64. The Morgan fingerprint density at radius 1 is 1.43 bits per heavy atom. The maximum absolute atomic E-state index is 4.60. The largest absolute Gasteiger partial charge is 0.346 e. The molecule has 0 amide bonds. The summed E-state index contributed by atoms with van der Waals surface area (Å²) in [6, 6.07) is 0. The summed E-state index contributed by atoms with van der Waals surface area (Å²) in [6.07, 6.45) is 2.18. The zero-order valence-corrected chi connectivity index (χ0v) is 9.65. The van der Waals surface area contributed by atoms with E-state index in [0.717, 1.165) is 25.2 Å². The molecule has 3 heteroatoms. The Morgan fingerprint density at radius 3 is 2.64 bits per heavy atom. The van der Waals surface area contributed by atoms with Crippen LogP contribution in [0.15, 0.2) is 0 Å². The molecule has 0 aliphatic carbocycles. The third-order valence-corrected chi connectivity index (χ3v) is 2.36. The smallest absolute Gasteiger partial charge is 0.106 e. The molecule has 1 rings (SSSR count). The van der Waals surface area contributed by atoms with Gasteiger partial charge in [-0.2, -0.15) is 0 Å². The highest BCUT2D eigenvalue weighted by molar-refractivity contribution is 5.16. The third kappa shape index (κ3) is 2.84. The molecule has 1 heterocycles. The minimum atomic E-state index is 0.518. The molecule has 3 nitrogen and oxygen atoms in total. The second kappa shape index (κ2) is 5.15. The van der Waals surface area contributed by atoms with Crippen LogP contribution in [0.1, 0.15) is 43.4 Å². The summed E-state index contributed by atoms with van der Waals surface area (Å²) in [7, 11) is 1.98. The van der Waals surface area contributed by atoms with Crippen LogP contribution < -0.4 is 5.32 Å². The number of H-pyrrole nitrogens is 1. The van der Waals surface area contributed by atoms with Gasteiger partial charge >= 0.3 is 0 Å². The lowest BCUT2D eigenvalue weighted by molar-refractivity contribution is 0.704. The summed E-state index contributed by atoms with van der Waals surface area (Å²) >= 11 is 0. The minimum absolute atomic E-state index is 0.518. The number of hydrogen-bond acceptors (Lipinski definition) is 2. The van der Waals surface area contributed by atoms with Crippen molar-refractivity contribution in [3.63, 3.8) is 0 Å². The van der Waals surface area contributed by atoms with Crippen LogP contribution in [0.4, 0.5) is 0 Å². The van der Waals surface area contributed by atoms with Crippen LogP contribution in [0, 0.1) is 6.92 Å². The van der Waals surface area contributed by atoms with Gasteiger partial charge < -0.3 is 10.3 Å². The molecule has 0 bridgehead atoms. The van der Waals surface area contributed by atoms with Gasteiger partial charge in [0.25, 0.3) is 0 Å². The molecule has 0 aliphatic heterocycles. The van der Waals surface area contributed by atoms with E-state index < -0.39 is 0 Å². The molecular formula is C11H21N3. The zero-order valence-electron chi connectivity index (χ0n) is 9.65. The Kier molecular flexibility index (Phi) is 4.14. The minimum Gasteiger partial charge on any atom is -0.346 e. The number of aromatic amines is 1. The van der Waals surface area contributed by atoms with Crippen molar-refractivity contribution in [2.24, 2.45) is 0 Å². The Morgan fingerprint density at radius 2 is 2.14 bits per heavy atom. The number of imidazole rings is 1. The number of nitrogens with one attached hydrogen (secondary N) is 2. The Bertz CT molecular complexity index is 276. The van der Waals surface area contributed by atoms with E-state index in [1.165, 1.54) is 11.4 Å². The van der Waals surface area contributed by atoms with Gasteiger partial charge in [-0.25, -0.2) is 4.98 Å². The van der Waals surface area contributed by atoms with Crippen molar-refractivity contribution in [1.29, 1.82) is 0 Å². The van der Waals surface area contributed by atoms with Gasteiger partial charge in [0.2, 0.25) is 0 Å². The van der Waals surface area contributed by atoms with Crippen molar-refractivity contribution in [3.8, 4) is 0 Å². The number of aromatic nitrogens is 2. The topological polar surface area (TPSA) is 40.7 Å². The first kappa shape index (κ1) is 11.2. The van der Waals surface area contributed by atoms with E-state index in [4.69, 9.17) is 0 Å². The van der Waals surface area contributed by atoms with Crippen molar-refractivity contribution in [3.05, 3.63) is 17.2 Å². The summed E-state index contributed by atoms with van der Waals surface area (Å²) in [5, 5.41) is 3.14. The van der Waals surface area contributed by atoms with Crippen molar-refractivity contribution >= 4 is 0 Å². The quantitative estimate of drug-likeness (QED) is 0.705. The van der Waals surface area contributed by atoms with Crippen LogP contribution in [-0.2, 0) is 6.42 Å². The Hall–Kier alpha value is -0.830. The monoisotopic (exact) mass is 195 g/mol. The summed E-state index contributed by atoms with van der Waals surface area (Å²) in [5.41, 5.74) is 2.43. The van der Waals surface area contributed by atoms with Crippen molar-refractivity contribution in [1.82, 2.24) is 15.3 Å². The summed E-state index contributed by atoms with van der Waals surface area (Å²) in [6.45, 7) is 7.52. The molecule has 0 aromatic carbocycles. The molecule has 0 saturated heterocycles. The van der Waals surface area contributed by atoms with Crippen molar-refractivity contribution < 1.29 is 0 Å². The highest BCUT2D eigenvalue weighted by Gasteiger charge is 2.09. The van der Waals surface area contributed by atoms with Crippen LogP contribution in [0.2, 0.25) is 0 Å². The first-order valence-corrected chi connectivity index (χ1v) is 5.35. The van der Waals surface area contributed by atoms with Crippen LogP contribution in [0.5, 0.6) is 0 Å². The fraction of sp³-hybridized carbons (Fsp3) is 0.727. The predicted molar refractivity (Wildman–Crippen MR) is 59.7 cm³/mol. The predicted octanol–water partition coefficient (Wildman–Crippen LogP) is 1.99. The lowest BCUT2D eigenvalue weighted by Crippen LogP contribution is -2.08. The van der Waals surface area contributed by atoms with E-state index in [0.29, 0.717) is 5.92 Å². The number of rotatable bonds is 5. The maximum Gasteiger partial charge on any atom is 0.106 e. The van der Waals surface area contributed by atoms with Gasteiger partial charge in [-0.1, -0.05) is 13.8 Å². The van der Waals surface area contributed by atoms with Gasteiger partial charge in [0.1, 0.15) is 5.82 Å². The third-order valence-electron chi connectivity index (χ3n) is 2.36. The highest BCUT2D eigenvalue weighted by atomic mass is 14.9. The van der Waals surface area contributed by atoms with E-state index in [9.17, 15) is 0 Å². The molecule has 0 unspecified atom stereocenters. The lowest BCUT2D eigenvalue weighted by atomic mass is 10.1. The highest BCUT2D eigenvalue weighted by Crippen LogP contribution is 2.16. The van der Waals surface area contributed by atoms with Crippen LogP contribution in [0.3, 0.4) is 0 Å². The van der Waals surface area contributed by atoms with E-state index in [1.54, 1.807) is 0 Å². The molecule has 0 saturated carbocycles. The van der Waals surface area contributed by atoms with Crippen molar-refractivity contribution in [2.75, 3.05) is 13.6 Å². The first-order chi connectivity index (χ1) is 6.65. The second-order valence-electron chi connectivity index (χ2n) is 4.06. The first-order valence-electron chi connectivity index (χ1n) is 5.35. The molecule has 80 valence electrons. The van der Waals surface area contributed by atoms with E-state index >= 15 is 0 Å². The van der Waals surface area contributed by atoms with Crippen molar-refractivity contribution in [2.45, 2.75) is 39.5 Å². The lowest BCUT2D eigenvalue weighted by Gasteiger charge is -1.99. The average molecular weight is 195 g/mol. The van der Waals surface area contributed by atoms with Gasteiger partial charge in [-0.05, 0) is 32.9 Å². The number of hydrogen-bond donors (Lipinski definition) is 2. The van der Waals surface area contributed by atoms with Gasteiger partial charge in [0.05, 0.1) is 5.69 Å². The fourth-order valence-electron chi connectivity index (χ4n) is 1.65. The molecule has 0 radical (unpaired) electrons. The molecule has 0 atom stereocenters. The maximum atomic E-state index is 4.60. The number of aryl methyl sites for hydroxylation is 2. The Labute approximate surface area is 86.3 Å². The molecule has 14 heavy (non-hydrogen) atoms. The molecule has 0 fully saturated rings. The summed E-state index contributed by atoms with van der Waals surface area (Å²) < 4.78 is 0. The SMILES string of the molecule is CNCCCc1nc(C(C)C)c(C)[nH]1. The van der Waals surface area contributed by atoms with Gasteiger partial charge in [0, 0.05) is 12.1 Å². The second-order valence-corrected chi connectivity index (χ2v) is 4.06. The van der Waals surface area contributed by atoms with Gasteiger partial charge in [-0.15, -0.1) is 0 Å². The molecule has 1 aromatic rings. The molecule has 0 aliphatic rings. The van der Waals surface area contributed by atoms with Crippen LogP contribution >= 0.6 is 0 Å².